The van der Waals surface area contributed by atoms with E-state index in [0.29, 0.717) is 13.1 Å². The molecular formula is C20H22N4O2S. The number of hydrogen-bond donors (Lipinski definition) is 2. The number of hydrazine groups is 1. The normalized spacial score (nSPS) is 19.3. The molecule has 0 bridgehead atoms. The molecule has 2 heterocycles. The number of hydrogen-bond acceptors (Lipinski definition) is 6. The number of aromatic nitrogens is 1. The Bertz CT molecular complexity index is 908. The summed E-state index contributed by atoms with van der Waals surface area (Å²) in [4.78, 5) is 19.5. The minimum absolute atomic E-state index is 0.0683. The third-order valence-electron chi connectivity index (χ3n) is 4.86. The maximum Gasteiger partial charge on any atom is 0.229 e. The van der Waals surface area contributed by atoms with Crippen molar-refractivity contribution in [1.29, 1.82) is 0 Å². The lowest BCUT2D eigenvalue weighted by Gasteiger charge is -2.24. The Morgan fingerprint density at radius 1 is 1.26 bits per heavy atom. The number of fused-ring (bicyclic) bond motifs is 1. The third-order valence-corrected chi connectivity index (χ3v) is 5.88. The standard InChI is InChI=1S/C20H22N4O2S/c1-24(12-18-22-16-5-3-4-6-17(16)27-18)20(25)15-11-21-23-19(15)13-7-9-14(26-2)10-8-13/h3-10,15,19,21,23H,11-12H2,1-2H3. The highest BCUT2D eigenvalue weighted by molar-refractivity contribution is 7.18. The zero-order valence-electron chi connectivity index (χ0n) is 15.3. The Morgan fingerprint density at radius 3 is 2.78 bits per heavy atom. The number of benzene rings is 2. The van der Waals surface area contributed by atoms with E-state index < -0.39 is 0 Å². The molecule has 1 saturated heterocycles. The fourth-order valence-corrected chi connectivity index (χ4v) is 4.43. The molecule has 1 amide bonds. The van der Waals surface area contributed by atoms with Crippen LogP contribution >= 0.6 is 11.3 Å². The molecule has 2 unspecified atom stereocenters. The second kappa shape index (κ2) is 7.64. The molecule has 2 aromatic carbocycles. The molecule has 2 atom stereocenters. The third kappa shape index (κ3) is 3.66. The number of nitrogens with one attached hydrogen (secondary N) is 2. The number of carbonyl (C=O) groups excluding carboxylic acids is 1. The van der Waals surface area contributed by atoms with E-state index in [9.17, 15) is 4.79 Å². The van der Waals surface area contributed by atoms with E-state index >= 15 is 0 Å². The monoisotopic (exact) mass is 382 g/mol. The van der Waals surface area contributed by atoms with Crippen molar-refractivity contribution < 1.29 is 9.53 Å². The van der Waals surface area contributed by atoms with Crippen molar-refractivity contribution in [2.45, 2.75) is 12.6 Å². The maximum absolute atomic E-state index is 13.1. The van der Waals surface area contributed by atoms with Gasteiger partial charge in [-0.05, 0) is 29.8 Å². The van der Waals surface area contributed by atoms with Gasteiger partial charge in [-0.15, -0.1) is 11.3 Å². The number of ether oxygens (including phenoxy) is 1. The Hall–Kier alpha value is -2.48. The predicted molar refractivity (Wildman–Crippen MR) is 106 cm³/mol. The van der Waals surface area contributed by atoms with Gasteiger partial charge in [0.25, 0.3) is 0 Å². The summed E-state index contributed by atoms with van der Waals surface area (Å²) in [6.45, 7) is 1.11. The van der Waals surface area contributed by atoms with Crippen molar-refractivity contribution in [3.63, 3.8) is 0 Å². The van der Waals surface area contributed by atoms with Gasteiger partial charge in [-0.1, -0.05) is 24.3 Å². The van der Waals surface area contributed by atoms with Gasteiger partial charge < -0.3 is 9.64 Å². The first-order chi connectivity index (χ1) is 13.2. The number of rotatable bonds is 5. The average molecular weight is 382 g/mol. The first-order valence-electron chi connectivity index (χ1n) is 8.87. The van der Waals surface area contributed by atoms with Crippen LogP contribution in [-0.4, -0.2) is 36.5 Å². The van der Waals surface area contributed by atoms with E-state index in [1.165, 1.54) is 0 Å². The molecule has 4 rings (SSSR count). The van der Waals surface area contributed by atoms with Crippen LogP contribution in [0.25, 0.3) is 10.2 Å². The molecule has 7 heteroatoms. The van der Waals surface area contributed by atoms with Gasteiger partial charge in [0.2, 0.25) is 5.91 Å². The van der Waals surface area contributed by atoms with Gasteiger partial charge in [0.05, 0.1) is 35.8 Å². The molecule has 1 fully saturated rings. The Balaban J connectivity index is 1.48. The van der Waals surface area contributed by atoms with Gasteiger partial charge in [0, 0.05) is 13.6 Å². The van der Waals surface area contributed by atoms with Crippen LogP contribution < -0.4 is 15.6 Å². The molecule has 1 aliphatic heterocycles. The number of nitrogens with zero attached hydrogens (tertiary/aromatic N) is 2. The SMILES string of the molecule is COc1ccc(C2NNCC2C(=O)N(C)Cc2nc3ccccc3s2)cc1. The average Bonchev–Trinajstić information content (AvgIpc) is 3.34. The molecule has 2 N–H and O–H groups in total. The van der Waals surface area contributed by atoms with Gasteiger partial charge >= 0.3 is 0 Å². The molecule has 0 saturated carbocycles. The molecule has 0 spiro atoms. The minimum atomic E-state index is -0.169. The summed E-state index contributed by atoms with van der Waals surface area (Å²) in [6.07, 6.45) is 0. The van der Waals surface area contributed by atoms with E-state index in [2.05, 4.69) is 21.9 Å². The van der Waals surface area contributed by atoms with Crippen LogP contribution in [0.3, 0.4) is 0 Å². The number of carbonyl (C=O) groups is 1. The second-order valence-corrected chi connectivity index (χ2v) is 7.77. The van der Waals surface area contributed by atoms with Gasteiger partial charge in [0.1, 0.15) is 10.8 Å². The highest BCUT2D eigenvalue weighted by Crippen LogP contribution is 2.29. The van der Waals surface area contributed by atoms with E-state index in [4.69, 9.17) is 4.74 Å². The second-order valence-electron chi connectivity index (χ2n) is 6.65. The maximum atomic E-state index is 13.1. The lowest BCUT2D eigenvalue weighted by Crippen LogP contribution is -2.36. The minimum Gasteiger partial charge on any atom is -0.497 e. The molecule has 1 aromatic heterocycles. The van der Waals surface area contributed by atoms with Crippen LogP contribution in [-0.2, 0) is 11.3 Å². The smallest absolute Gasteiger partial charge is 0.229 e. The molecule has 0 radical (unpaired) electrons. The van der Waals surface area contributed by atoms with Crippen LogP contribution in [0.15, 0.2) is 48.5 Å². The molecule has 27 heavy (non-hydrogen) atoms. The summed E-state index contributed by atoms with van der Waals surface area (Å²) in [6, 6.07) is 15.8. The number of para-hydroxylation sites is 1. The van der Waals surface area contributed by atoms with Crippen LogP contribution in [0.4, 0.5) is 0 Å². The molecule has 3 aromatic rings. The number of methoxy groups -OCH3 is 1. The van der Waals surface area contributed by atoms with Crippen LogP contribution in [0.5, 0.6) is 5.75 Å². The van der Waals surface area contributed by atoms with Crippen molar-refractivity contribution >= 4 is 27.5 Å². The summed E-state index contributed by atoms with van der Waals surface area (Å²) < 4.78 is 6.37. The summed E-state index contributed by atoms with van der Waals surface area (Å²) in [5, 5.41) is 0.951. The van der Waals surface area contributed by atoms with Gasteiger partial charge in [-0.3, -0.25) is 10.2 Å². The highest BCUT2D eigenvalue weighted by atomic mass is 32.1. The van der Waals surface area contributed by atoms with Gasteiger partial charge in [-0.2, -0.15) is 0 Å². The highest BCUT2D eigenvalue weighted by Gasteiger charge is 2.35. The van der Waals surface area contributed by atoms with E-state index in [1.54, 1.807) is 23.3 Å². The largest absolute Gasteiger partial charge is 0.497 e. The van der Waals surface area contributed by atoms with Crippen molar-refractivity contribution in [3.05, 3.63) is 59.1 Å². The van der Waals surface area contributed by atoms with Crippen LogP contribution in [0.1, 0.15) is 16.6 Å². The first-order valence-corrected chi connectivity index (χ1v) is 9.69. The summed E-state index contributed by atoms with van der Waals surface area (Å²) in [5.41, 5.74) is 8.41. The summed E-state index contributed by atoms with van der Waals surface area (Å²) in [7, 11) is 3.49. The van der Waals surface area contributed by atoms with Crippen molar-refractivity contribution in [2.24, 2.45) is 5.92 Å². The van der Waals surface area contributed by atoms with Crippen LogP contribution in [0.2, 0.25) is 0 Å². The van der Waals surface area contributed by atoms with Gasteiger partial charge in [0.15, 0.2) is 0 Å². The summed E-state index contributed by atoms with van der Waals surface area (Å²) in [5.74, 6) is 0.742. The van der Waals surface area contributed by atoms with E-state index in [0.717, 1.165) is 26.5 Å². The van der Waals surface area contributed by atoms with Crippen LogP contribution in [0, 0.1) is 5.92 Å². The Kier molecular flexibility index (Phi) is 5.07. The molecule has 6 nitrogen and oxygen atoms in total. The number of thiazole rings is 1. The Labute approximate surface area is 162 Å². The van der Waals surface area contributed by atoms with E-state index in [-0.39, 0.29) is 17.9 Å². The lowest BCUT2D eigenvalue weighted by atomic mass is 9.93. The quantitative estimate of drug-likeness (QED) is 0.710. The molecule has 0 aliphatic carbocycles. The topological polar surface area (TPSA) is 66.5 Å². The zero-order chi connectivity index (χ0) is 18.8. The molecular weight excluding hydrogens is 360 g/mol. The summed E-state index contributed by atoms with van der Waals surface area (Å²) >= 11 is 1.64. The number of amides is 1. The van der Waals surface area contributed by atoms with Crippen molar-refractivity contribution in [1.82, 2.24) is 20.7 Å². The lowest BCUT2D eigenvalue weighted by molar-refractivity contribution is -0.134. The molecule has 140 valence electrons. The fraction of sp³-hybridized carbons (Fsp3) is 0.300. The fourth-order valence-electron chi connectivity index (χ4n) is 3.41. The molecule has 1 aliphatic rings. The van der Waals surface area contributed by atoms with Crippen molar-refractivity contribution in [3.8, 4) is 5.75 Å². The zero-order valence-corrected chi connectivity index (χ0v) is 16.1. The van der Waals surface area contributed by atoms with Crippen molar-refractivity contribution in [2.75, 3.05) is 20.7 Å². The van der Waals surface area contributed by atoms with E-state index in [1.807, 2.05) is 49.5 Å². The predicted octanol–water partition coefficient (Wildman–Crippen LogP) is 2.73. The Morgan fingerprint density at radius 2 is 2.04 bits per heavy atom. The first kappa shape index (κ1) is 17.9. The van der Waals surface area contributed by atoms with Gasteiger partial charge in [-0.25, -0.2) is 10.4 Å².